The highest BCUT2D eigenvalue weighted by molar-refractivity contribution is 5.76. The smallest absolute Gasteiger partial charge is 0.223 e. The number of nitrogens with zero attached hydrogens (tertiary/aromatic N) is 1. The summed E-state index contributed by atoms with van der Waals surface area (Å²) in [5, 5.41) is 3.46. The van der Waals surface area contributed by atoms with Crippen LogP contribution in [0.5, 0.6) is 0 Å². The normalized spacial score (nSPS) is 16.4. The van der Waals surface area contributed by atoms with Gasteiger partial charge in [-0.15, -0.1) is 0 Å². The van der Waals surface area contributed by atoms with Crippen LogP contribution in [-0.4, -0.2) is 30.4 Å². The Morgan fingerprint density at radius 2 is 1.80 bits per heavy atom. The van der Waals surface area contributed by atoms with Crippen LogP contribution in [0.3, 0.4) is 0 Å². The van der Waals surface area contributed by atoms with E-state index in [9.17, 15) is 4.79 Å². The van der Waals surface area contributed by atoms with Gasteiger partial charge in [0.05, 0.1) is 0 Å². The van der Waals surface area contributed by atoms with Gasteiger partial charge in [-0.3, -0.25) is 4.79 Å². The molecule has 2 rings (SSSR count). The summed E-state index contributed by atoms with van der Waals surface area (Å²) in [5.74, 6) is 0.294. The molecule has 0 spiro atoms. The zero-order chi connectivity index (χ0) is 14.5. The Hall–Kier alpha value is -1.35. The van der Waals surface area contributed by atoms with Crippen LogP contribution in [0.1, 0.15) is 48.9 Å². The first-order chi connectivity index (χ1) is 9.56. The van der Waals surface area contributed by atoms with Gasteiger partial charge in [-0.05, 0) is 39.2 Å². The average Bonchev–Trinajstić information content (AvgIpc) is 2.91. The number of carbonyl (C=O) groups is 1. The topological polar surface area (TPSA) is 32.3 Å². The Bertz CT molecular complexity index is 444. The molecule has 0 aliphatic carbocycles. The van der Waals surface area contributed by atoms with Gasteiger partial charge in [0.15, 0.2) is 0 Å². The van der Waals surface area contributed by atoms with Crippen molar-refractivity contribution in [2.45, 2.75) is 46.1 Å². The molecule has 3 nitrogen and oxygen atoms in total. The first kappa shape index (κ1) is 15.0. The van der Waals surface area contributed by atoms with Gasteiger partial charge in [0.2, 0.25) is 5.91 Å². The predicted molar refractivity (Wildman–Crippen MR) is 82.8 cm³/mol. The second kappa shape index (κ2) is 6.89. The minimum Gasteiger partial charge on any atom is -0.343 e. The summed E-state index contributed by atoms with van der Waals surface area (Å²) in [6.07, 6.45) is 2.94. The lowest BCUT2D eigenvalue weighted by molar-refractivity contribution is -0.130. The Labute approximate surface area is 122 Å². The summed E-state index contributed by atoms with van der Waals surface area (Å²) >= 11 is 0. The third kappa shape index (κ3) is 4.07. The Morgan fingerprint density at radius 1 is 1.20 bits per heavy atom. The van der Waals surface area contributed by atoms with E-state index >= 15 is 0 Å². The molecular weight excluding hydrogens is 248 g/mol. The lowest BCUT2D eigenvalue weighted by Gasteiger charge is -2.18. The Balaban J connectivity index is 1.79. The molecule has 1 aromatic rings. The molecule has 0 saturated carbocycles. The molecule has 1 fully saturated rings. The van der Waals surface area contributed by atoms with Crippen molar-refractivity contribution in [3.8, 4) is 0 Å². The maximum Gasteiger partial charge on any atom is 0.223 e. The summed E-state index contributed by atoms with van der Waals surface area (Å²) in [6.45, 7) is 9.06. The zero-order valence-electron chi connectivity index (χ0n) is 12.9. The molecule has 1 aromatic carbocycles. The van der Waals surface area contributed by atoms with Crippen LogP contribution < -0.4 is 5.32 Å². The van der Waals surface area contributed by atoms with Gasteiger partial charge in [0.1, 0.15) is 0 Å². The first-order valence-electron chi connectivity index (χ1n) is 7.65. The molecule has 1 aliphatic rings. The molecule has 1 heterocycles. The molecule has 0 bridgehead atoms. The Morgan fingerprint density at radius 3 is 2.40 bits per heavy atom. The zero-order valence-corrected chi connectivity index (χ0v) is 12.9. The molecule has 0 aromatic heterocycles. The highest BCUT2D eigenvalue weighted by Crippen LogP contribution is 2.16. The van der Waals surface area contributed by atoms with Gasteiger partial charge in [0.25, 0.3) is 0 Å². The van der Waals surface area contributed by atoms with Gasteiger partial charge < -0.3 is 10.2 Å². The SMILES string of the molecule is Cc1cc(C)cc(C(C)NCCC(=O)N2CCCC2)c1. The molecule has 1 saturated heterocycles. The van der Waals surface area contributed by atoms with E-state index in [-0.39, 0.29) is 0 Å². The van der Waals surface area contributed by atoms with Crippen molar-refractivity contribution in [1.82, 2.24) is 10.2 Å². The van der Waals surface area contributed by atoms with Crippen molar-refractivity contribution in [1.29, 1.82) is 0 Å². The maximum absolute atomic E-state index is 12.0. The van der Waals surface area contributed by atoms with E-state index in [1.54, 1.807) is 0 Å². The number of benzene rings is 1. The molecule has 1 atom stereocenters. The van der Waals surface area contributed by atoms with Gasteiger partial charge in [-0.1, -0.05) is 29.3 Å². The van der Waals surface area contributed by atoms with Gasteiger partial charge >= 0.3 is 0 Å². The van der Waals surface area contributed by atoms with Gasteiger partial charge in [0, 0.05) is 32.1 Å². The van der Waals surface area contributed by atoms with E-state index in [1.807, 2.05) is 4.90 Å². The molecular formula is C17H26N2O. The number of amides is 1. The lowest BCUT2D eigenvalue weighted by Crippen LogP contribution is -2.31. The standard InChI is InChI=1S/C17H26N2O/c1-13-10-14(2)12-16(11-13)15(3)18-7-6-17(20)19-8-4-5-9-19/h10-12,15,18H,4-9H2,1-3H3. The molecule has 1 unspecified atom stereocenters. The molecule has 110 valence electrons. The van der Waals surface area contributed by atoms with Crippen molar-refractivity contribution in [3.63, 3.8) is 0 Å². The minimum absolute atomic E-state index is 0.292. The highest BCUT2D eigenvalue weighted by Gasteiger charge is 2.17. The van der Waals surface area contributed by atoms with Crippen molar-refractivity contribution < 1.29 is 4.79 Å². The van der Waals surface area contributed by atoms with E-state index in [2.05, 4.69) is 44.3 Å². The fraction of sp³-hybridized carbons (Fsp3) is 0.588. The number of hydrogen-bond acceptors (Lipinski definition) is 2. The van der Waals surface area contributed by atoms with Crippen LogP contribution in [-0.2, 0) is 4.79 Å². The highest BCUT2D eigenvalue weighted by atomic mass is 16.2. The molecule has 0 radical (unpaired) electrons. The summed E-state index contributed by atoms with van der Waals surface area (Å²) in [7, 11) is 0. The average molecular weight is 274 g/mol. The Kier molecular flexibility index (Phi) is 5.18. The van der Waals surface area contributed by atoms with Crippen molar-refractivity contribution in [2.75, 3.05) is 19.6 Å². The molecule has 1 aliphatic heterocycles. The second-order valence-corrected chi connectivity index (χ2v) is 5.93. The predicted octanol–water partition coefficient (Wildman–Crippen LogP) is 2.97. The van der Waals surface area contributed by atoms with Crippen LogP contribution >= 0.6 is 0 Å². The maximum atomic E-state index is 12.0. The number of nitrogens with one attached hydrogen (secondary N) is 1. The lowest BCUT2D eigenvalue weighted by atomic mass is 10.0. The molecule has 1 amide bonds. The van der Waals surface area contributed by atoms with E-state index < -0.39 is 0 Å². The third-order valence-corrected chi connectivity index (χ3v) is 3.99. The van der Waals surface area contributed by atoms with Crippen LogP contribution in [0, 0.1) is 13.8 Å². The van der Waals surface area contributed by atoms with E-state index in [0.29, 0.717) is 18.4 Å². The van der Waals surface area contributed by atoms with E-state index in [1.165, 1.54) is 16.7 Å². The summed E-state index contributed by atoms with van der Waals surface area (Å²) in [5.41, 5.74) is 3.89. The fourth-order valence-electron chi connectivity index (χ4n) is 2.90. The third-order valence-electron chi connectivity index (χ3n) is 3.99. The number of likely N-dealkylation sites (tertiary alicyclic amines) is 1. The van der Waals surface area contributed by atoms with Gasteiger partial charge in [-0.2, -0.15) is 0 Å². The first-order valence-corrected chi connectivity index (χ1v) is 7.65. The number of aryl methyl sites for hydroxylation is 2. The number of hydrogen-bond donors (Lipinski definition) is 1. The van der Waals surface area contributed by atoms with E-state index in [0.717, 1.165) is 32.5 Å². The number of carbonyl (C=O) groups excluding carboxylic acids is 1. The summed E-state index contributed by atoms with van der Waals surface area (Å²) in [4.78, 5) is 13.9. The van der Waals surface area contributed by atoms with Gasteiger partial charge in [-0.25, -0.2) is 0 Å². The summed E-state index contributed by atoms with van der Waals surface area (Å²) in [6, 6.07) is 6.91. The van der Waals surface area contributed by atoms with Crippen molar-refractivity contribution >= 4 is 5.91 Å². The quantitative estimate of drug-likeness (QED) is 0.895. The molecule has 3 heteroatoms. The molecule has 20 heavy (non-hydrogen) atoms. The number of rotatable bonds is 5. The second-order valence-electron chi connectivity index (χ2n) is 5.93. The largest absolute Gasteiger partial charge is 0.343 e. The van der Waals surface area contributed by atoms with Crippen LogP contribution in [0.15, 0.2) is 18.2 Å². The van der Waals surface area contributed by atoms with Crippen LogP contribution in [0.4, 0.5) is 0 Å². The fourth-order valence-corrected chi connectivity index (χ4v) is 2.90. The monoisotopic (exact) mass is 274 g/mol. The van der Waals surface area contributed by atoms with E-state index in [4.69, 9.17) is 0 Å². The van der Waals surface area contributed by atoms with Crippen molar-refractivity contribution in [2.24, 2.45) is 0 Å². The van der Waals surface area contributed by atoms with Crippen LogP contribution in [0.2, 0.25) is 0 Å². The minimum atomic E-state index is 0.292. The van der Waals surface area contributed by atoms with Crippen LogP contribution in [0.25, 0.3) is 0 Å². The summed E-state index contributed by atoms with van der Waals surface area (Å²) < 4.78 is 0. The molecule has 1 N–H and O–H groups in total. The van der Waals surface area contributed by atoms with Crippen molar-refractivity contribution in [3.05, 3.63) is 34.9 Å².